The van der Waals surface area contributed by atoms with E-state index in [1.165, 1.54) is 0 Å². The van der Waals surface area contributed by atoms with Crippen molar-refractivity contribution < 1.29 is 9.90 Å². The molecule has 1 N–H and O–H groups in total. The Balaban J connectivity index is 2.34. The minimum atomic E-state index is -0.0885. The lowest BCUT2D eigenvalue weighted by atomic mass is 10.2. The van der Waals surface area contributed by atoms with Gasteiger partial charge in [0.25, 0.3) is 5.91 Å². The average Bonchev–Trinajstić information content (AvgIpc) is 2.39. The summed E-state index contributed by atoms with van der Waals surface area (Å²) < 4.78 is 0.866. The van der Waals surface area contributed by atoms with Gasteiger partial charge in [-0.05, 0) is 37.3 Å². The molecule has 0 aromatic heterocycles. The van der Waals surface area contributed by atoms with E-state index in [1.54, 1.807) is 41.3 Å². The predicted molar refractivity (Wildman–Crippen MR) is 79.6 cm³/mol. The van der Waals surface area contributed by atoms with Gasteiger partial charge in [-0.2, -0.15) is 0 Å². The molecule has 0 radical (unpaired) electrons. The average molecular weight is 320 g/mol. The van der Waals surface area contributed by atoms with Crippen LogP contribution in [0.2, 0.25) is 0 Å². The Kier molecular flexibility index (Phi) is 4.22. The summed E-state index contributed by atoms with van der Waals surface area (Å²) in [6.45, 7) is 2.44. The molecule has 4 heteroatoms. The second kappa shape index (κ2) is 5.89. The SMILES string of the molecule is CCN(C(=O)c1cccc(Br)c1)c1cccc(O)c1. The number of phenolic OH excluding ortho intramolecular Hbond substituents is 1. The summed E-state index contributed by atoms with van der Waals surface area (Å²) in [5, 5.41) is 9.51. The summed E-state index contributed by atoms with van der Waals surface area (Å²) in [5.41, 5.74) is 1.30. The number of aromatic hydroxyl groups is 1. The summed E-state index contributed by atoms with van der Waals surface area (Å²) in [4.78, 5) is 14.1. The molecule has 2 aromatic rings. The number of nitrogens with zero attached hydrogens (tertiary/aromatic N) is 1. The molecule has 0 saturated carbocycles. The molecule has 0 heterocycles. The molecule has 0 fully saturated rings. The Morgan fingerprint density at radius 1 is 1.21 bits per heavy atom. The minimum absolute atomic E-state index is 0.0885. The standard InChI is InChI=1S/C15H14BrNO2/c1-2-17(13-7-4-8-14(18)10-13)15(19)11-5-3-6-12(16)9-11/h3-10,18H,2H2,1H3. The molecule has 0 spiro atoms. The van der Waals surface area contributed by atoms with Crippen LogP contribution in [0.3, 0.4) is 0 Å². The van der Waals surface area contributed by atoms with Gasteiger partial charge in [-0.15, -0.1) is 0 Å². The van der Waals surface area contributed by atoms with E-state index >= 15 is 0 Å². The topological polar surface area (TPSA) is 40.5 Å². The smallest absolute Gasteiger partial charge is 0.258 e. The van der Waals surface area contributed by atoms with Crippen molar-refractivity contribution in [2.24, 2.45) is 0 Å². The number of phenols is 1. The zero-order valence-electron chi connectivity index (χ0n) is 10.5. The van der Waals surface area contributed by atoms with E-state index in [9.17, 15) is 9.90 Å². The van der Waals surface area contributed by atoms with E-state index in [4.69, 9.17) is 0 Å². The first-order chi connectivity index (χ1) is 9.11. The lowest BCUT2D eigenvalue weighted by molar-refractivity contribution is 0.0988. The molecule has 98 valence electrons. The van der Waals surface area contributed by atoms with Crippen molar-refractivity contribution in [2.75, 3.05) is 11.4 Å². The van der Waals surface area contributed by atoms with Crippen molar-refractivity contribution in [3.63, 3.8) is 0 Å². The molecule has 0 unspecified atom stereocenters. The maximum atomic E-state index is 12.5. The first-order valence-electron chi connectivity index (χ1n) is 5.98. The predicted octanol–water partition coefficient (Wildman–Crippen LogP) is 3.82. The molecule has 3 nitrogen and oxygen atoms in total. The van der Waals surface area contributed by atoms with Gasteiger partial charge in [-0.25, -0.2) is 0 Å². The van der Waals surface area contributed by atoms with Crippen LogP contribution in [-0.4, -0.2) is 17.6 Å². The third-order valence-corrected chi connectivity index (χ3v) is 3.27. The molecule has 0 aliphatic carbocycles. The van der Waals surface area contributed by atoms with Gasteiger partial charge in [-0.1, -0.05) is 28.1 Å². The quantitative estimate of drug-likeness (QED) is 0.934. The second-order valence-corrected chi connectivity index (χ2v) is 5.00. The lowest BCUT2D eigenvalue weighted by Crippen LogP contribution is -2.30. The summed E-state index contributed by atoms with van der Waals surface area (Å²) in [5.74, 6) is 0.0624. The van der Waals surface area contributed by atoms with Gasteiger partial charge in [0.15, 0.2) is 0 Å². The van der Waals surface area contributed by atoms with Gasteiger partial charge >= 0.3 is 0 Å². The summed E-state index contributed by atoms with van der Waals surface area (Å²) in [6, 6.07) is 14.0. The van der Waals surface area contributed by atoms with Crippen molar-refractivity contribution in [3.8, 4) is 5.75 Å². The number of benzene rings is 2. The van der Waals surface area contributed by atoms with Crippen LogP contribution in [0, 0.1) is 0 Å². The van der Waals surface area contributed by atoms with E-state index in [2.05, 4.69) is 15.9 Å². The van der Waals surface area contributed by atoms with E-state index in [0.717, 1.165) is 4.47 Å². The highest BCUT2D eigenvalue weighted by atomic mass is 79.9. The van der Waals surface area contributed by atoms with Gasteiger partial charge in [0.2, 0.25) is 0 Å². The number of anilines is 1. The largest absolute Gasteiger partial charge is 0.508 e. The Morgan fingerprint density at radius 3 is 2.58 bits per heavy atom. The molecule has 0 bridgehead atoms. The van der Waals surface area contributed by atoms with Crippen molar-refractivity contribution >= 4 is 27.5 Å². The van der Waals surface area contributed by atoms with E-state index in [0.29, 0.717) is 17.8 Å². The molecule has 19 heavy (non-hydrogen) atoms. The summed E-state index contributed by atoms with van der Waals surface area (Å²) in [6.07, 6.45) is 0. The van der Waals surface area contributed by atoms with Gasteiger partial charge in [0, 0.05) is 28.3 Å². The summed E-state index contributed by atoms with van der Waals surface area (Å²) in [7, 11) is 0. The number of carbonyl (C=O) groups is 1. The van der Waals surface area contributed by atoms with E-state index < -0.39 is 0 Å². The fraction of sp³-hybridized carbons (Fsp3) is 0.133. The molecular formula is C15H14BrNO2. The Morgan fingerprint density at radius 2 is 1.95 bits per heavy atom. The zero-order valence-corrected chi connectivity index (χ0v) is 12.1. The number of rotatable bonds is 3. The number of amides is 1. The molecule has 0 atom stereocenters. The van der Waals surface area contributed by atoms with Crippen LogP contribution in [0.1, 0.15) is 17.3 Å². The fourth-order valence-electron chi connectivity index (χ4n) is 1.88. The fourth-order valence-corrected chi connectivity index (χ4v) is 2.28. The highest BCUT2D eigenvalue weighted by molar-refractivity contribution is 9.10. The Hall–Kier alpha value is -1.81. The number of carbonyl (C=O) groups excluding carboxylic acids is 1. The number of hydrogen-bond donors (Lipinski definition) is 1. The van der Waals surface area contributed by atoms with Crippen molar-refractivity contribution in [2.45, 2.75) is 6.92 Å². The normalized spacial score (nSPS) is 10.2. The van der Waals surface area contributed by atoms with Gasteiger partial charge in [-0.3, -0.25) is 4.79 Å². The zero-order chi connectivity index (χ0) is 13.8. The van der Waals surface area contributed by atoms with Crippen molar-refractivity contribution in [1.82, 2.24) is 0 Å². The Bertz CT molecular complexity index is 598. The van der Waals surface area contributed by atoms with E-state index in [-0.39, 0.29) is 11.7 Å². The van der Waals surface area contributed by atoms with Crippen molar-refractivity contribution in [1.29, 1.82) is 0 Å². The molecule has 0 aliphatic rings. The monoisotopic (exact) mass is 319 g/mol. The van der Waals surface area contributed by atoms with Crippen LogP contribution < -0.4 is 4.90 Å². The molecule has 1 amide bonds. The van der Waals surface area contributed by atoms with Gasteiger partial charge < -0.3 is 10.0 Å². The van der Waals surface area contributed by atoms with Crippen LogP contribution in [0.5, 0.6) is 5.75 Å². The van der Waals surface area contributed by atoms with E-state index in [1.807, 2.05) is 19.1 Å². The lowest BCUT2D eigenvalue weighted by Gasteiger charge is -2.21. The third kappa shape index (κ3) is 3.15. The molecule has 2 rings (SSSR count). The van der Waals surface area contributed by atoms with Crippen LogP contribution in [0.15, 0.2) is 53.0 Å². The maximum absolute atomic E-state index is 12.5. The van der Waals surface area contributed by atoms with Crippen LogP contribution in [-0.2, 0) is 0 Å². The third-order valence-electron chi connectivity index (χ3n) is 2.77. The molecular weight excluding hydrogens is 306 g/mol. The van der Waals surface area contributed by atoms with Crippen molar-refractivity contribution in [3.05, 3.63) is 58.6 Å². The van der Waals surface area contributed by atoms with Crippen LogP contribution in [0.4, 0.5) is 5.69 Å². The van der Waals surface area contributed by atoms with Gasteiger partial charge in [0.05, 0.1) is 0 Å². The number of hydrogen-bond acceptors (Lipinski definition) is 2. The first kappa shape index (κ1) is 13.6. The highest BCUT2D eigenvalue weighted by Crippen LogP contribution is 2.22. The van der Waals surface area contributed by atoms with Gasteiger partial charge in [0.1, 0.15) is 5.75 Å². The second-order valence-electron chi connectivity index (χ2n) is 4.08. The highest BCUT2D eigenvalue weighted by Gasteiger charge is 2.16. The molecule has 0 aliphatic heterocycles. The molecule has 2 aromatic carbocycles. The Labute approximate surface area is 120 Å². The van der Waals surface area contributed by atoms with Crippen LogP contribution in [0.25, 0.3) is 0 Å². The minimum Gasteiger partial charge on any atom is -0.508 e. The number of halogens is 1. The summed E-state index contributed by atoms with van der Waals surface area (Å²) >= 11 is 3.36. The molecule has 0 saturated heterocycles. The maximum Gasteiger partial charge on any atom is 0.258 e. The van der Waals surface area contributed by atoms with Crippen LogP contribution >= 0.6 is 15.9 Å². The first-order valence-corrected chi connectivity index (χ1v) is 6.77.